The summed E-state index contributed by atoms with van der Waals surface area (Å²) in [4.78, 5) is 8.52. The molecule has 104 valence electrons. The third kappa shape index (κ3) is 1.78. The predicted molar refractivity (Wildman–Crippen MR) is 75.5 cm³/mol. The van der Waals surface area contributed by atoms with E-state index in [0.717, 1.165) is 5.56 Å². The summed E-state index contributed by atoms with van der Waals surface area (Å²) in [5, 5.41) is 8.77. The zero-order chi connectivity index (χ0) is 14.6. The van der Waals surface area contributed by atoms with Crippen molar-refractivity contribution in [2.75, 3.05) is 0 Å². The van der Waals surface area contributed by atoms with Crippen molar-refractivity contribution in [2.24, 2.45) is 7.05 Å². The highest BCUT2D eigenvalue weighted by molar-refractivity contribution is 6.29. The van der Waals surface area contributed by atoms with E-state index in [1.54, 1.807) is 36.3 Å². The van der Waals surface area contributed by atoms with Gasteiger partial charge in [0.2, 0.25) is 5.28 Å². The molecule has 0 saturated carbocycles. The van der Waals surface area contributed by atoms with Crippen molar-refractivity contribution in [3.05, 3.63) is 41.7 Å². The van der Waals surface area contributed by atoms with Crippen molar-refractivity contribution in [2.45, 2.75) is 0 Å². The molecule has 4 aromatic rings. The fourth-order valence-electron chi connectivity index (χ4n) is 2.24. The van der Waals surface area contributed by atoms with Gasteiger partial charge < -0.3 is 0 Å². The molecule has 0 N–H and O–H groups in total. The number of hydrogen-bond donors (Lipinski definition) is 0. The Morgan fingerprint density at radius 2 is 2.10 bits per heavy atom. The second-order valence-electron chi connectivity index (χ2n) is 4.59. The first kappa shape index (κ1) is 12.2. The highest BCUT2D eigenvalue weighted by Crippen LogP contribution is 2.25. The first-order valence-electron chi connectivity index (χ1n) is 6.13. The predicted octanol–water partition coefficient (Wildman–Crippen LogP) is 2.47. The lowest BCUT2D eigenvalue weighted by molar-refractivity contribution is 0.639. The van der Waals surface area contributed by atoms with Gasteiger partial charge in [0.1, 0.15) is 5.82 Å². The number of benzene rings is 1. The summed E-state index contributed by atoms with van der Waals surface area (Å²) in [5.74, 6) is 0.00866. The molecular weight excluding hydrogens is 295 g/mol. The van der Waals surface area contributed by atoms with Gasteiger partial charge in [0, 0.05) is 13.2 Å². The lowest BCUT2D eigenvalue weighted by atomic mass is 10.2. The average molecular weight is 303 g/mol. The van der Waals surface area contributed by atoms with Crippen LogP contribution in [0.3, 0.4) is 0 Å². The standard InChI is InChI=1S/C13H8ClFN6/c1-20-6-7(5-16-20)11-18-12-10-8(15)3-2-4-9(10)17-13(14)21(12)19-11/h2-6H,1H3. The largest absolute Gasteiger partial charge is 0.275 e. The number of hydrogen-bond acceptors (Lipinski definition) is 4. The van der Waals surface area contributed by atoms with Crippen LogP contribution in [0.15, 0.2) is 30.6 Å². The fourth-order valence-corrected chi connectivity index (χ4v) is 2.44. The maximum absolute atomic E-state index is 14.1. The van der Waals surface area contributed by atoms with Crippen molar-refractivity contribution in [1.29, 1.82) is 0 Å². The molecule has 4 rings (SSSR count). The number of aryl methyl sites for hydroxylation is 1. The minimum atomic E-state index is -0.410. The van der Waals surface area contributed by atoms with Crippen molar-refractivity contribution >= 4 is 28.2 Å². The van der Waals surface area contributed by atoms with Gasteiger partial charge in [-0.2, -0.15) is 9.61 Å². The van der Waals surface area contributed by atoms with Crippen LogP contribution in [0, 0.1) is 5.82 Å². The van der Waals surface area contributed by atoms with Crippen molar-refractivity contribution in [3.8, 4) is 11.4 Å². The van der Waals surface area contributed by atoms with E-state index >= 15 is 0 Å². The molecule has 21 heavy (non-hydrogen) atoms. The summed E-state index contributed by atoms with van der Waals surface area (Å²) in [5.41, 5.74) is 1.50. The van der Waals surface area contributed by atoms with Gasteiger partial charge in [0.15, 0.2) is 11.5 Å². The van der Waals surface area contributed by atoms with Gasteiger partial charge in [-0.05, 0) is 23.7 Å². The van der Waals surface area contributed by atoms with E-state index in [2.05, 4.69) is 20.2 Å². The molecule has 0 unspecified atom stereocenters. The molecule has 0 saturated heterocycles. The van der Waals surface area contributed by atoms with Gasteiger partial charge in [0.05, 0.1) is 22.7 Å². The van der Waals surface area contributed by atoms with Crippen molar-refractivity contribution < 1.29 is 4.39 Å². The van der Waals surface area contributed by atoms with Gasteiger partial charge in [-0.25, -0.2) is 14.4 Å². The number of fused-ring (bicyclic) bond motifs is 3. The van der Waals surface area contributed by atoms with Crippen LogP contribution in [0.4, 0.5) is 4.39 Å². The highest BCUT2D eigenvalue weighted by Gasteiger charge is 2.16. The molecule has 0 aliphatic carbocycles. The molecule has 0 amide bonds. The van der Waals surface area contributed by atoms with E-state index in [0.29, 0.717) is 22.4 Å². The number of rotatable bonds is 1. The zero-order valence-corrected chi connectivity index (χ0v) is 11.6. The van der Waals surface area contributed by atoms with Crippen LogP contribution in [-0.4, -0.2) is 29.4 Å². The molecular formula is C13H8ClFN6. The molecule has 0 fully saturated rings. The lowest BCUT2D eigenvalue weighted by Gasteiger charge is -2.01. The molecule has 6 nitrogen and oxygen atoms in total. The Balaban J connectivity index is 2.11. The monoisotopic (exact) mass is 302 g/mol. The molecule has 0 atom stereocenters. The molecule has 0 spiro atoms. The number of halogens is 2. The normalized spacial score (nSPS) is 11.6. The van der Waals surface area contributed by atoms with Crippen LogP contribution in [0.25, 0.3) is 27.9 Å². The average Bonchev–Trinajstić information content (AvgIpc) is 3.05. The summed E-state index contributed by atoms with van der Waals surface area (Å²) >= 11 is 6.10. The molecule has 3 heterocycles. The molecule has 0 aliphatic rings. The van der Waals surface area contributed by atoms with Gasteiger partial charge in [-0.15, -0.1) is 5.10 Å². The summed E-state index contributed by atoms with van der Waals surface area (Å²) in [6.07, 6.45) is 3.41. The molecule has 1 aromatic carbocycles. The zero-order valence-electron chi connectivity index (χ0n) is 10.8. The summed E-state index contributed by atoms with van der Waals surface area (Å²) in [7, 11) is 1.79. The highest BCUT2D eigenvalue weighted by atomic mass is 35.5. The van der Waals surface area contributed by atoms with E-state index in [9.17, 15) is 4.39 Å². The van der Waals surface area contributed by atoms with Crippen LogP contribution in [0.5, 0.6) is 0 Å². The first-order chi connectivity index (χ1) is 10.1. The Labute approximate surface area is 122 Å². The van der Waals surface area contributed by atoms with E-state index in [-0.39, 0.29) is 5.28 Å². The Morgan fingerprint density at radius 1 is 1.24 bits per heavy atom. The second-order valence-corrected chi connectivity index (χ2v) is 4.93. The lowest BCUT2D eigenvalue weighted by Crippen LogP contribution is -1.96. The second kappa shape index (κ2) is 4.23. The molecule has 0 bridgehead atoms. The Kier molecular flexibility index (Phi) is 2.46. The minimum absolute atomic E-state index is 0.130. The van der Waals surface area contributed by atoms with Crippen molar-refractivity contribution in [1.82, 2.24) is 29.4 Å². The summed E-state index contributed by atoms with van der Waals surface area (Å²) < 4.78 is 17.1. The number of aromatic nitrogens is 6. The minimum Gasteiger partial charge on any atom is -0.275 e. The smallest absolute Gasteiger partial charge is 0.226 e. The third-order valence-corrected chi connectivity index (χ3v) is 3.42. The van der Waals surface area contributed by atoms with Gasteiger partial charge in [0.25, 0.3) is 0 Å². The van der Waals surface area contributed by atoms with Gasteiger partial charge in [-0.3, -0.25) is 4.68 Å². The summed E-state index contributed by atoms with van der Waals surface area (Å²) in [6, 6.07) is 4.62. The molecule has 0 radical (unpaired) electrons. The topological polar surface area (TPSA) is 60.9 Å². The van der Waals surface area contributed by atoms with Crippen LogP contribution in [-0.2, 0) is 7.05 Å². The third-order valence-electron chi connectivity index (χ3n) is 3.17. The Hall–Kier alpha value is -2.54. The number of nitrogens with zero attached hydrogens (tertiary/aromatic N) is 6. The van der Waals surface area contributed by atoms with Crippen molar-refractivity contribution in [3.63, 3.8) is 0 Å². The van der Waals surface area contributed by atoms with Gasteiger partial charge >= 0.3 is 0 Å². The SMILES string of the molecule is Cn1cc(-c2nc3c4c(F)cccc4nc(Cl)n3n2)cn1. The van der Waals surface area contributed by atoms with E-state index < -0.39 is 5.82 Å². The van der Waals surface area contributed by atoms with E-state index in [1.165, 1.54) is 10.6 Å². The van der Waals surface area contributed by atoms with Crippen LogP contribution < -0.4 is 0 Å². The Bertz CT molecular complexity index is 989. The fraction of sp³-hybridized carbons (Fsp3) is 0.0769. The Morgan fingerprint density at radius 3 is 2.86 bits per heavy atom. The van der Waals surface area contributed by atoms with E-state index in [4.69, 9.17) is 11.6 Å². The molecule has 3 aromatic heterocycles. The van der Waals surface area contributed by atoms with Crippen LogP contribution >= 0.6 is 11.6 Å². The molecule has 0 aliphatic heterocycles. The first-order valence-corrected chi connectivity index (χ1v) is 6.51. The van der Waals surface area contributed by atoms with E-state index in [1.807, 2.05) is 0 Å². The quantitative estimate of drug-likeness (QED) is 0.507. The van der Waals surface area contributed by atoms with Crippen LogP contribution in [0.1, 0.15) is 0 Å². The summed E-state index contributed by atoms with van der Waals surface area (Å²) in [6.45, 7) is 0. The maximum atomic E-state index is 14.1. The maximum Gasteiger partial charge on any atom is 0.226 e. The van der Waals surface area contributed by atoms with Gasteiger partial charge in [-0.1, -0.05) is 6.07 Å². The van der Waals surface area contributed by atoms with Crippen LogP contribution in [0.2, 0.25) is 5.28 Å². The molecule has 8 heteroatoms.